The Hall–Kier alpha value is -0.910. The van der Waals surface area contributed by atoms with Crippen LogP contribution in [0.1, 0.15) is 27.2 Å². The highest BCUT2D eigenvalue weighted by atomic mass is 79.9. The lowest BCUT2D eigenvalue weighted by Gasteiger charge is -2.16. The van der Waals surface area contributed by atoms with Crippen molar-refractivity contribution in [1.29, 1.82) is 0 Å². The summed E-state index contributed by atoms with van der Waals surface area (Å²) in [6.45, 7) is 7.07. The number of nitro groups is 1. The van der Waals surface area contributed by atoms with Crippen molar-refractivity contribution >= 4 is 21.7 Å². The fraction of sp³-hybridized carbons (Fsp3) is 0.667. The van der Waals surface area contributed by atoms with E-state index in [1.54, 1.807) is 10.9 Å². The summed E-state index contributed by atoms with van der Waals surface area (Å²) in [5.74, 6) is -0.121. The first-order valence-corrected chi connectivity index (χ1v) is 5.46. The summed E-state index contributed by atoms with van der Waals surface area (Å²) in [4.78, 5) is 10.0. The molecule has 0 saturated heterocycles. The van der Waals surface area contributed by atoms with E-state index in [2.05, 4.69) is 41.8 Å². The molecule has 0 aliphatic carbocycles. The molecule has 0 unspecified atom stereocenters. The minimum absolute atomic E-state index is 0.121. The Morgan fingerprint density at radius 2 is 2.20 bits per heavy atom. The molecule has 0 spiro atoms. The van der Waals surface area contributed by atoms with Crippen molar-refractivity contribution < 1.29 is 4.92 Å². The molecule has 1 heterocycles. The Labute approximate surface area is 96.7 Å². The van der Waals surface area contributed by atoms with E-state index in [4.69, 9.17) is 0 Å². The smallest absolute Gasteiger partial charge is 0.358 e. The Bertz CT molecular complexity index is 368. The van der Waals surface area contributed by atoms with Gasteiger partial charge < -0.3 is 10.1 Å². The lowest BCUT2D eigenvalue weighted by Crippen LogP contribution is -2.10. The monoisotopic (exact) mass is 275 g/mol. The number of aromatic nitrogens is 2. The van der Waals surface area contributed by atoms with Gasteiger partial charge in [0.2, 0.25) is 0 Å². The van der Waals surface area contributed by atoms with Crippen molar-refractivity contribution in [2.75, 3.05) is 0 Å². The van der Waals surface area contributed by atoms with Crippen LogP contribution >= 0.6 is 15.9 Å². The van der Waals surface area contributed by atoms with Crippen LogP contribution in [0.25, 0.3) is 0 Å². The minimum Gasteiger partial charge on any atom is -0.358 e. The van der Waals surface area contributed by atoms with Crippen molar-refractivity contribution in [1.82, 2.24) is 9.78 Å². The normalized spacial score (nSPS) is 11.7. The van der Waals surface area contributed by atoms with E-state index < -0.39 is 4.92 Å². The van der Waals surface area contributed by atoms with Crippen molar-refractivity contribution in [2.45, 2.75) is 33.7 Å². The molecule has 0 saturated carbocycles. The van der Waals surface area contributed by atoms with Crippen LogP contribution in [0.2, 0.25) is 0 Å². The van der Waals surface area contributed by atoms with Gasteiger partial charge in [-0.25, -0.2) is 0 Å². The average molecular weight is 276 g/mol. The van der Waals surface area contributed by atoms with Crippen molar-refractivity contribution in [3.63, 3.8) is 0 Å². The molecule has 15 heavy (non-hydrogen) atoms. The van der Waals surface area contributed by atoms with Crippen LogP contribution in [0.15, 0.2) is 10.7 Å². The van der Waals surface area contributed by atoms with Gasteiger partial charge in [-0.15, -0.1) is 0 Å². The van der Waals surface area contributed by atoms with E-state index in [-0.39, 0.29) is 11.2 Å². The molecule has 0 atom stereocenters. The number of hydrogen-bond donors (Lipinski definition) is 0. The molecular weight excluding hydrogens is 262 g/mol. The Kier molecular flexibility index (Phi) is 3.49. The first-order valence-electron chi connectivity index (χ1n) is 4.67. The van der Waals surface area contributed by atoms with E-state index in [9.17, 15) is 10.1 Å². The predicted molar refractivity (Wildman–Crippen MR) is 60.7 cm³/mol. The van der Waals surface area contributed by atoms with Crippen molar-refractivity contribution in [2.24, 2.45) is 5.41 Å². The number of halogens is 1. The third-order valence-electron chi connectivity index (χ3n) is 1.96. The molecule has 84 valence electrons. The molecule has 0 aliphatic rings. The van der Waals surface area contributed by atoms with Crippen LogP contribution in [-0.2, 0) is 6.54 Å². The summed E-state index contributed by atoms with van der Waals surface area (Å²) >= 11 is 3.11. The van der Waals surface area contributed by atoms with Gasteiger partial charge in [0.15, 0.2) is 0 Å². The standard InChI is InChI=1S/C9H14BrN3O2/c1-9(2,3)4-5-12-6-7(10)8(11-12)13(14)15/h6H,4-5H2,1-3H3. The van der Waals surface area contributed by atoms with Crippen LogP contribution in [0, 0.1) is 15.5 Å². The van der Waals surface area contributed by atoms with Gasteiger partial charge in [-0.1, -0.05) is 20.8 Å². The summed E-state index contributed by atoms with van der Waals surface area (Å²) in [5, 5.41) is 14.4. The second-order valence-electron chi connectivity index (χ2n) is 4.63. The molecule has 0 N–H and O–H groups in total. The van der Waals surface area contributed by atoms with Gasteiger partial charge in [0.25, 0.3) is 0 Å². The van der Waals surface area contributed by atoms with Crippen LogP contribution in [-0.4, -0.2) is 14.7 Å². The molecule has 1 aromatic rings. The highest BCUT2D eigenvalue weighted by Crippen LogP contribution is 2.24. The van der Waals surface area contributed by atoms with E-state index in [0.717, 1.165) is 6.42 Å². The quantitative estimate of drug-likeness (QED) is 0.629. The van der Waals surface area contributed by atoms with Gasteiger partial charge >= 0.3 is 5.82 Å². The SMILES string of the molecule is CC(C)(C)CCn1cc(Br)c([N+](=O)[O-])n1. The third kappa shape index (κ3) is 3.62. The predicted octanol–water partition coefficient (Wildman–Crippen LogP) is 2.99. The zero-order chi connectivity index (χ0) is 11.6. The van der Waals surface area contributed by atoms with Crippen molar-refractivity contribution in [3.05, 3.63) is 20.8 Å². The second kappa shape index (κ2) is 4.30. The molecule has 0 amide bonds. The fourth-order valence-corrected chi connectivity index (χ4v) is 1.54. The first kappa shape index (κ1) is 12.2. The zero-order valence-corrected chi connectivity index (χ0v) is 10.6. The molecule has 0 fully saturated rings. The number of nitrogens with zero attached hydrogens (tertiary/aromatic N) is 3. The Morgan fingerprint density at radius 1 is 1.60 bits per heavy atom. The van der Waals surface area contributed by atoms with Gasteiger partial charge in [0.1, 0.15) is 4.47 Å². The molecule has 1 aromatic heterocycles. The van der Waals surface area contributed by atoms with Gasteiger partial charge in [0, 0.05) is 0 Å². The molecule has 0 aliphatic heterocycles. The van der Waals surface area contributed by atoms with Crippen LogP contribution in [0.5, 0.6) is 0 Å². The summed E-state index contributed by atoms with van der Waals surface area (Å²) in [5.41, 5.74) is 0.202. The molecule has 1 rings (SSSR count). The van der Waals surface area contributed by atoms with E-state index >= 15 is 0 Å². The second-order valence-corrected chi connectivity index (χ2v) is 5.49. The van der Waals surface area contributed by atoms with E-state index in [1.165, 1.54) is 0 Å². The maximum atomic E-state index is 10.5. The third-order valence-corrected chi connectivity index (χ3v) is 2.52. The lowest BCUT2D eigenvalue weighted by molar-refractivity contribution is -0.390. The maximum absolute atomic E-state index is 10.5. The van der Waals surface area contributed by atoms with Gasteiger partial charge in [-0.2, -0.15) is 4.68 Å². The molecule has 6 heteroatoms. The van der Waals surface area contributed by atoms with Crippen LogP contribution in [0.3, 0.4) is 0 Å². The summed E-state index contributed by atoms with van der Waals surface area (Å²) in [6.07, 6.45) is 2.57. The maximum Gasteiger partial charge on any atom is 0.404 e. The minimum atomic E-state index is -0.488. The van der Waals surface area contributed by atoms with Gasteiger partial charge in [-0.3, -0.25) is 0 Å². The molecule has 5 nitrogen and oxygen atoms in total. The number of hydrogen-bond acceptors (Lipinski definition) is 3. The fourth-order valence-electron chi connectivity index (χ4n) is 1.08. The van der Waals surface area contributed by atoms with Crippen molar-refractivity contribution in [3.8, 4) is 0 Å². The highest BCUT2D eigenvalue weighted by Gasteiger charge is 2.19. The van der Waals surface area contributed by atoms with E-state index in [1.807, 2.05) is 0 Å². The largest absolute Gasteiger partial charge is 0.404 e. The lowest BCUT2D eigenvalue weighted by atomic mass is 9.92. The van der Waals surface area contributed by atoms with Crippen LogP contribution in [0.4, 0.5) is 5.82 Å². The molecule has 0 radical (unpaired) electrons. The topological polar surface area (TPSA) is 61.0 Å². The summed E-state index contributed by atoms with van der Waals surface area (Å²) in [6, 6.07) is 0. The Balaban J connectivity index is 2.72. The van der Waals surface area contributed by atoms with Gasteiger partial charge in [0.05, 0.1) is 17.8 Å². The summed E-state index contributed by atoms with van der Waals surface area (Å²) in [7, 11) is 0. The first-order chi connectivity index (χ1) is 6.79. The molecular formula is C9H14BrN3O2. The molecule has 0 aromatic carbocycles. The number of aryl methyl sites for hydroxylation is 1. The van der Waals surface area contributed by atoms with E-state index in [0.29, 0.717) is 11.0 Å². The van der Waals surface area contributed by atoms with Gasteiger partial charge in [-0.05, 0) is 32.7 Å². The average Bonchev–Trinajstić information content (AvgIpc) is 2.42. The number of rotatable bonds is 3. The zero-order valence-electron chi connectivity index (χ0n) is 9.03. The highest BCUT2D eigenvalue weighted by molar-refractivity contribution is 9.10. The Morgan fingerprint density at radius 3 is 2.60 bits per heavy atom. The van der Waals surface area contributed by atoms with Crippen LogP contribution < -0.4 is 0 Å². The summed E-state index contributed by atoms with van der Waals surface area (Å²) < 4.78 is 2.04. The molecule has 0 bridgehead atoms.